The second-order valence-corrected chi connectivity index (χ2v) is 8.78. The minimum Gasteiger partial charge on any atom is -0.465 e. The molecule has 2 amide bonds. The number of urea groups is 1. The summed E-state index contributed by atoms with van der Waals surface area (Å²) in [6.07, 6.45) is 8.40. The average Bonchev–Trinajstić information content (AvgIpc) is 2.61. The minimum absolute atomic E-state index is 0.00895. The Labute approximate surface area is 161 Å². The first kappa shape index (κ1) is 18.3. The number of nitrogens with one attached hydrogen (secondary N) is 2. The summed E-state index contributed by atoms with van der Waals surface area (Å²) >= 11 is 0. The van der Waals surface area contributed by atoms with E-state index in [-0.39, 0.29) is 24.0 Å². The van der Waals surface area contributed by atoms with E-state index < -0.39 is 0 Å². The van der Waals surface area contributed by atoms with E-state index in [1.165, 1.54) is 19.3 Å². The number of hydrogen-bond donors (Lipinski definition) is 2. The van der Waals surface area contributed by atoms with E-state index in [1.54, 1.807) is 0 Å². The van der Waals surface area contributed by atoms with Gasteiger partial charge in [-0.25, -0.2) is 4.79 Å². The zero-order valence-electron chi connectivity index (χ0n) is 15.9. The molecule has 0 heterocycles. The Balaban J connectivity index is 1.13. The van der Waals surface area contributed by atoms with Gasteiger partial charge in [0.2, 0.25) is 0 Å². The molecular weight excluding hydrogens is 340 g/mol. The molecule has 5 heteroatoms. The van der Waals surface area contributed by atoms with Gasteiger partial charge in [-0.15, -0.1) is 0 Å². The van der Waals surface area contributed by atoms with Gasteiger partial charge < -0.3 is 15.4 Å². The van der Waals surface area contributed by atoms with Crippen LogP contribution in [0.5, 0.6) is 0 Å². The van der Waals surface area contributed by atoms with Gasteiger partial charge in [-0.1, -0.05) is 30.3 Å². The second kappa shape index (κ2) is 7.91. The normalized spacial score (nSPS) is 30.7. The first-order valence-electron chi connectivity index (χ1n) is 10.4. The van der Waals surface area contributed by atoms with Crippen LogP contribution in [0.3, 0.4) is 0 Å². The summed E-state index contributed by atoms with van der Waals surface area (Å²) in [6.45, 7) is 0.699. The molecule has 0 unspecified atom stereocenters. The third-order valence-corrected chi connectivity index (χ3v) is 6.53. The van der Waals surface area contributed by atoms with Crippen LogP contribution in [-0.4, -0.2) is 30.7 Å². The molecule has 4 aliphatic carbocycles. The maximum atomic E-state index is 12.3. The van der Waals surface area contributed by atoms with Crippen molar-refractivity contribution in [3.63, 3.8) is 0 Å². The third kappa shape index (κ3) is 4.63. The Kier molecular flexibility index (Phi) is 5.37. The molecule has 4 saturated carbocycles. The van der Waals surface area contributed by atoms with Gasteiger partial charge in [0, 0.05) is 18.5 Å². The van der Waals surface area contributed by atoms with E-state index in [0.717, 1.165) is 42.6 Å². The number of carbonyl (C=O) groups excluding carboxylic acids is 2. The molecule has 5 rings (SSSR count). The van der Waals surface area contributed by atoms with Crippen molar-refractivity contribution in [3.05, 3.63) is 35.9 Å². The molecule has 5 nitrogen and oxygen atoms in total. The van der Waals surface area contributed by atoms with Gasteiger partial charge >= 0.3 is 12.0 Å². The summed E-state index contributed by atoms with van der Waals surface area (Å²) in [5, 5.41) is 6.11. The van der Waals surface area contributed by atoms with Gasteiger partial charge in [-0.3, -0.25) is 4.79 Å². The van der Waals surface area contributed by atoms with E-state index in [1.807, 2.05) is 30.3 Å². The van der Waals surface area contributed by atoms with E-state index in [4.69, 9.17) is 4.74 Å². The van der Waals surface area contributed by atoms with Gasteiger partial charge in [0.05, 0.1) is 13.0 Å². The average molecular weight is 370 g/mol. The molecule has 0 spiro atoms. The van der Waals surface area contributed by atoms with Crippen molar-refractivity contribution in [3.8, 4) is 0 Å². The van der Waals surface area contributed by atoms with E-state index >= 15 is 0 Å². The zero-order valence-corrected chi connectivity index (χ0v) is 15.9. The van der Waals surface area contributed by atoms with Crippen molar-refractivity contribution in [2.45, 2.75) is 56.9 Å². The topological polar surface area (TPSA) is 67.4 Å². The number of amides is 2. The summed E-state index contributed by atoms with van der Waals surface area (Å²) in [5.41, 5.74) is 1.16. The van der Waals surface area contributed by atoms with Crippen molar-refractivity contribution in [1.82, 2.24) is 10.6 Å². The fourth-order valence-corrected chi connectivity index (χ4v) is 5.83. The molecular formula is C22H30N2O3. The Morgan fingerprint density at radius 3 is 2.26 bits per heavy atom. The predicted molar refractivity (Wildman–Crippen MR) is 103 cm³/mol. The molecule has 0 aliphatic heterocycles. The molecule has 0 radical (unpaired) electrons. The zero-order chi connectivity index (χ0) is 18.7. The first-order valence-corrected chi connectivity index (χ1v) is 10.4. The predicted octanol–water partition coefficient (Wildman–Crippen LogP) is 3.43. The number of carbonyl (C=O) groups is 2. The van der Waals surface area contributed by atoms with E-state index in [9.17, 15) is 9.59 Å². The van der Waals surface area contributed by atoms with E-state index in [0.29, 0.717) is 19.6 Å². The van der Waals surface area contributed by atoms with Crippen molar-refractivity contribution in [1.29, 1.82) is 0 Å². The number of hydrogen-bond acceptors (Lipinski definition) is 3. The van der Waals surface area contributed by atoms with Crippen LogP contribution < -0.4 is 10.6 Å². The van der Waals surface area contributed by atoms with Crippen LogP contribution in [0.4, 0.5) is 4.79 Å². The number of esters is 1. The fraction of sp³-hybridized carbons (Fsp3) is 0.636. The molecule has 4 aliphatic rings. The summed E-state index contributed by atoms with van der Waals surface area (Å²) in [6, 6.07) is 9.82. The molecule has 4 fully saturated rings. The van der Waals surface area contributed by atoms with Crippen LogP contribution in [0.2, 0.25) is 0 Å². The van der Waals surface area contributed by atoms with Crippen molar-refractivity contribution in [2.24, 2.45) is 17.8 Å². The van der Waals surface area contributed by atoms with Gasteiger partial charge in [-0.2, -0.15) is 0 Å². The van der Waals surface area contributed by atoms with Crippen LogP contribution >= 0.6 is 0 Å². The summed E-state index contributed by atoms with van der Waals surface area (Å²) < 4.78 is 5.25. The lowest BCUT2D eigenvalue weighted by Crippen LogP contribution is -2.61. The van der Waals surface area contributed by atoms with Gasteiger partial charge in [0.1, 0.15) is 0 Å². The van der Waals surface area contributed by atoms with Crippen LogP contribution in [-0.2, 0) is 16.0 Å². The number of rotatable bonds is 7. The molecule has 146 valence electrons. The molecule has 0 aromatic heterocycles. The largest absolute Gasteiger partial charge is 0.465 e. The Hall–Kier alpha value is -2.04. The quantitative estimate of drug-likeness (QED) is 0.723. The summed E-state index contributed by atoms with van der Waals surface area (Å²) in [7, 11) is 0. The Morgan fingerprint density at radius 1 is 1.00 bits per heavy atom. The SMILES string of the molecule is O=C(NCCC(=O)OCCc1ccccc1)NC12CC3CC(CC(C3)C1)C2. The molecule has 27 heavy (non-hydrogen) atoms. The van der Waals surface area contributed by atoms with Crippen molar-refractivity contribution >= 4 is 12.0 Å². The molecule has 2 N–H and O–H groups in total. The number of benzene rings is 1. The fourth-order valence-electron chi connectivity index (χ4n) is 5.83. The van der Waals surface area contributed by atoms with Crippen molar-refractivity contribution in [2.75, 3.05) is 13.2 Å². The van der Waals surface area contributed by atoms with Gasteiger partial charge in [0.15, 0.2) is 0 Å². The lowest BCUT2D eigenvalue weighted by atomic mass is 9.53. The Morgan fingerprint density at radius 2 is 1.63 bits per heavy atom. The number of ether oxygens (including phenoxy) is 1. The highest BCUT2D eigenvalue weighted by Crippen LogP contribution is 2.55. The highest BCUT2D eigenvalue weighted by molar-refractivity contribution is 5.76. The molecule has 0 saturated heterocycles. The highest BCUT2D eigenvalue weighted by atomic mass is 16.5. The lowest BCUT2D eigenvalue weighted by molar-refractivity contribution is -0.143. The maximum Gasteiger partial charge on any atom is 0.315 e. The first-order chi connectivity index (χ1) is 13.1. The third-order valence-electron chi connectivity index (χ3n) is 6.53. The van der Waals surface area contributed by atoms with E-state index in [2.05, 4.69) is 10.6 Å². The Bertz CT molecular complexity index is 638. The molecule has 4 bridgehead atoms. The minimum atomic E-state index is -0.263. The second-order valence-electron chi connectivity index (χ2n) is 8.78. The maximum absolute atomic E-state index is 12.3. The van der Waals surface area contributed by atoms with Crippen LogP contribution in [0, 0.1) is 17.8 Å². The summed E-state index contributed by atoms with van der Waals surface area (Å²) in [4.78, 5) is 24.2. The van der Waals surface area contributed by atoms with Gasteiger partial charge in [0.25, 0.3) is 0 Å². The van der Waals surface area contributed by atoms with Crippen molar-refractivity contribution < 1.29 is 14.3 Å². The standard InChI is InChI=1S/C22H30N2O3/c25-20(27-9-7-16-4-2-1-3-5-16)6-8-23-21(26)24-22-13-17-10-18(14-22)12-19(11-17)15-22/h1-5,17-19H,6-15H2,(H2,23,24,26). The van der Waals surface area contributed by atoms with Crippen LogP contribution in [0.1, 0.15) is 50.5 Å². The molecule has 1 aromatic rings. The summed E-state index contributed by atoms with van der Waals surface area (Å²) in [5.74, 6) is 2.14. The van der Waals surface area contributed by atoms with Crippen LogP contribution in [0.25, 0.3) is 0 Å². The van der Waals surface area contributed by atoms with Gasteiger partial charge in [-0.05, 0) is 61.8 Å². The lowest BCUT2D eigenvalue weighted by Gasteiger charge is -2.56. The molecule has 0 atom stereocenters. The smallest absolute Gasteiger partial charge is 0.315 e. The molecule has 1 aromatic carbocycles. The van der Waals surface area contributed by atoms with Crippen LogP contribution in [0.15, 0.2) is 30.3 Å². The monoisotopic (exact) mass is 370 g/mol. The highest BCUT2D eigenvalue weighted by Gasteiger charge is 2.51.